The van der Waals surface area contributed by atoms with Crippen molar-refractivity contribution in [2.45, 2.75) is 25.4 Å². The molecule has 2 aromatic rings. The van der Waals surface area contributed by atoms with Crippen molar-refractivity contribution in [3.8, 4) is 5.75 Å². The highest BCUT2D eigenvalue weighted by molar-refractivity contribution is 5.81. The van der Waals surface area contributed by atoms with Gasteiger partial charge in [-0.3, -0.25) is 9.78 Å². The smallest absolute Gasteiger partial charge is 0.261 e. The molecule has 0 unspecified atom stereocenters. The number of fused-ring (bicyclic) bond motifs is 1. The molecule has 0 aliphatic carbocycles. The van der Waals surface area contributed by atoms with Gasteiger partial charge in [-0.25, -0.2) is 0 Å². The van der Waals surface area contributed by atoms with Crippen LogP contribution in [0.4, 0.5) is 5.69 Å². The van der Waals surface area contributed by atoms with Gasteiger partial charge in [-0.05, 0) is 43.0 Å². The number of ether oxygens (including phenoxy) is 1. The highest BCUT2D eigenvalue weighted by Gasteiger charge is 2.25. The Labute approximate surface area is 136 Å². The molecular weight excluding hydrogens is 290 g/mol. The number of pyridine rings is 1. The molecule has 2 N–H and O–H groups in total. The van der Waals surface area contributed by atoms with Crippen LogP contribution in [0.3, 0.4) is 0 Å². The Bertz CT molecular complexity index is 646. The van der Waals surface area contributed by atoms with Crippen LogP contribution in [0.5, 0.6) is 5.75 Å². The number of anilines is 1. The molecule has 1 aliphatic rings. The summed E-state index contributed by atoms with van der Waals surface area (Å²) in [5.74, 6) is 0.804. The third-order valence-corrected chi connectivity index (χ3v) is 3.85. The van der Waals surface area contributed by atoms with E-state index in [0.717, 1.165) is 37.2 Å². The molecule has 1 aromatic carbocycles. The van der Waals surface area contributed by atoms with Gasteiger partial charge in [-0.15, -0.1) is 0 Å². The van der Waals surface area contributed by atoms with Crippen LogP contribution >= 0.6 is 0 Å². The van der Waals surface area contributed by atoms with Gasteiger partial charge in [-0.1, -0.05) is 18.2 Å². The van der Waals surface area contributed by atoms with Gasteiger partial charge >= 0.3 is 0 Å². The van der Waals surface area contributed by atoms with Crippen LogP contribution in [-0.2, 0) is 11.2 Å². The molecule has 1 atom stereocenters. The van der Waals surface area contributed by atoms with Crippen LogP contribution < -0.4 is 15.4 Å². The maximum absolute atomic E-state index is 12.2. The summed E-state index contributed by atoms with van der Waals surface area (Å²) in [4.78, 5) is 16.2. The lowest BCUT2D eigenvalue weighted by Gasteiger charge is -2.25. The quantitative estimate of drug-likeness (QED) is 0.804. The standard InChI is InChI=1S/C18H21N3O2/c22-18(17-9-8-14-5-1-2-7-16(14)23-17)21-12-4-11-20-15-6-3-10-19-13-15/h1-3,5-7,10,13,17,20H,4,8-9,11-12H2,(H,21,22)/t17-/m0/s1. The van der Waals surface area contributed by atoms with Crippen molar-refractivity contribution in [1.82, 2.24) is 10.3 Å². The van der Waals surface area contributed by atoms with Gasteiger partial charge in [0, 0.05) is 25.5 Å². The Morgan fingerprint density at radius 2 is 2.13 bits per heavy atom. The van der Waals surface area contributed by atoms with Gasteiger partial charge in [0.15, 0.2) is 6.10 Å². The molecule has 120 valence electrons. The third kappa shape index (κ3) is 4.22. The number of para-hydroxylation sites is 1. The first kappa shape index (κ1) is 15.3. The minimum Gasteiger partial charge on any atom is -0.480 e. The molecule has 2 heterocycles. The van der Waals surface area contributed by atoms with Crippen LogP contribution in [-0.4, -0.2) is 30.1 Å². The van der Waals surface area contributed by atoms with Crippen LogP contribution in [0.15, 0.2) is 48.8 Å². The maximum Gasteiger partial charge on any atom is 0.261 e. The molecule has 0 radical (unpaired) electrons. The van der Waals surface area contributed by atoms with E-state index in [2.05, 4.69) is 15.6 Å². The first-order valence-corrected chi connectivity index (χ1v) is 7.99. The van der Waals surface area contributed by atoms with Gasteiger partial charge in [0.1, 0.15) is 5.75 Å². The molecule has 0 saturated carbocycles. The van der Waals surface area contributed by atoms with E-state index >= 15 is 0 Å². The largest absolute Gasteiger partial charge is 0.480 e. The van der Waals surface area contributed by atoms with Gasteiger partial charge < -0.3 is 15.4 Å². The zero-order valence-electron chi connectivity index (χ0n) is 13.0. The normalized spacial score (nSPS) is 16.1. The summed E-state index contributed by atoms with van der Waals surface area (Å²) < 4.78 is 5.78. The molecule has 3 rings (SSSR count). The molecule has 0 bridgehead atoms. The average molecular weight is 311 g/mol. The fourth-order valence-electron chi connectivity index (χ4n) is 2.62. The number of hydrogen-bond donors (Lipinski definition) is 2. The molecule has 0 fully saturated rings. The summed E-state index contributed by atoms with van der Waals surface area (Å²) in [6.45, 7) is 1.42. The Morgan fingerprint density at radius 1 is 1.22 bits per heavy atom. The first-order valence-electron chi connectivity index (χ1n) is 7.99. The molecule has 5 nitrogen and oxygen atoms in total. The third-order valence-electron chi connectivity index (χ3n) is 3.85. The molecule has 0 spiro atoms. The lowest BCUT2D eigenvalue weighted by Crippen LogP contribution is -2.41. The number of carbonyl (C=O) groups excluding carboxylic acids is 1. The Morgan fingerprint density at radius 3 is 3.00 bits per heavy atom. The number of amides is 1. The number of nitrogens with one attached hydrogen (secondary N) is 2. The second kappa shape index (κ2) is 7.63. The Balaban J connectivity index is 1.37. The molecule has 5 heteroatoms. The Kier molecular flexibility index (Phi) is 5.09. The summed E-state index contributed by atoms with van der Waals surface area (Å²) in [6, 6.07) is 11.8. The Hall–Kier alpha value is -2.56. The van der Waals surface area contributed by atoms with Crippen LogP contribution in [0.1, 0.15) is 18.4 Å². The van der Waals surface area contributed by atoms with E-state index in [9.17, 15) is 4.79 Å². The maximum atomic E-state index is 12.2. The van der Waals surface area contributed by atoms with E-state index in [1.54, 1.807) is 12.4 Å². The van der Waals surface area contributed by atoms with Crippen molar-refractivity contribution in [3.63, 3.8) is 0 Å². The lowest BCUT2D eigenvalue weighted by molar-refractivity contribution is -0.128. The predicted molar refractivity (Wildman–Crippen MR) is 89.5 cm³/mol. The van der Waals surface area contributed by atoms with E-state index in [-0.39, 0.29) is 12.0 Å². The van der Waals surface area contributed by atoms with Crippen molar-refractivity contribution >= 4 is 11.6 Å². The van der Waals surface area contributed by atoms with Gasteiger partial charge in [0.05, 0.1) is 5.69 Å². The number of nitrogens with zero attached hydrogens (tertiary/aromatic N) is 1. The number of aromatic nitrogens is 1. The summed E-state index contributed by atoms with van der Waals surface area (Å²) in [5, 5.41) is 6.22. The molecule has 1 aliphatic heterocycles. The predicted octanol–water partition coefficient (Wildman–Crippen LogP) is 2.39. The highest BCUT2D eigenvalue weighted by atomic mass is 16.5. The number of carbonyl (C=O) groups is 1. The topological polar surface area (TPSA) is 63.2 Å². The van der Waals surface area contributed by atoms with E-state index in [4.69, 9.17) is 4.74 Å². The van der Waals surface area contributed by atoms with Crippen molar-refractivity contribution in [3.05, 3.63) is 54.4 Å². The molecular formula is C18H21N3O2. The fraction of sp³-hybridized carbons (Fsp3) is 0.333. The SMILES string of the molecule is O=C(NCCCNc1cccnc1)[C@@H]1CCc2ccccc2O1. The fourth-order valence-corrected chi connectivity index (χ4v) is 2.62. The van der Waals surface area contributed by atoms with Crippen molar-refractivity contribution < 1.29 is 9.53 Å². The minimum absolute atomic E-state index is 0.0270. The van der Waals surface area contributed by atoms with Crippen molar-refractivity contribution in [2.24, 2.45) is 0 Å². The molecule has 0 saturated heterocycles. The lowest BCUT2D eigenvalue weighted by atomic mass is 10.0. The monoisotopic (exact) mass is 311 g/mol. The summed E-state index contributed by atoms with van der Waals surface area (Å²) >= 11 is 0. The van der Waals surface area contributed by atoms with E-state index in [0.29, 0.717) is 6.54 Å². The summed E-state index contributed by atoms with van der Waals surface area (Å²) in [7, 11) is 0. The van der Waals surface area contributed by atoms with E-state index in [1.165, 1.54) is 5.56 Å². The first-order chi connectivity index (χ1) is 11.3. The summed E-state index contributed by atoms with van der Waals surface area (Å²) in [5.41, 5.74) is 2.17. The summed E-state index contributed by atoms with van der Waals surface area (Å²) in [6.07, 6.45) is 5.62. The van der Waals surface area contributed by atoms with E-state index < -0.39 is 0 Å². The van der Waals surface area contributed by atoms with Crippen molar-refractivity contribution in [1.29, 1.82) is 0 Å². The zero-order chi connectivity index (χ0) is 15.9. The minimum atomic E-state index is -0.379. The highest BCUT2D eigenvalue weighted by Crippen LogP contribution is 2.26. The van der Waals surface area contributed by atoms with Crippen LogP contribution in [0.25, 0.3) is 0 Å². The second-order valence-electron chi connectivity index (χ2n) is 5.57. The number of hydrogen-bond acceptors (Lipinski definition) is 4. The number of benzene rings is 1. The van der Waals surface area contributed by atoms with Crippen molar-refractivity contribution in [2.75, 3.05) is 18.4 Å². The average Bonchev–Trinajstić information content (AvgIpc) is 2.61. The van der Waals surface area contributed by atoms with E-state index in [1.807, 2.05) is 36.4 Å². The second-order valence-corrected chi connectivity index (χ2v) is 5.57. The number of aryl methyl sites for hydroxylation is 1. The van der Waals surface area contributed by atoms with Crippen LogP contribution in [0, 0.1) is 0 Å². The number of rotatable bonds is 6. The molecule has 1 amide bonds. The molecule has 23 heavy (non-hydrogen) atoms. The molecule has 1 aromatic heterocycles. The van der Waals surface area contributed by atoms with Gasteiger partial charge in [0.25, 0.3) is 5.91 Å². The van der Waals surface area contributed by atoms with Crippen LogP contribution in [0.2, 0.25) is 0 Å². The van der Waals surface area contributed by atoms with Gasteiger partial charge in [-0.2, -0.15) is 0 Å². The van der Waals surface area contributed by atoms with Gasteiger partial charge in [0.2, 0.25) is 0 Å². The zero-order valence-corrected chi connectivity index (χ0v) is 13.0.